The van der Waals surface area contributed by atoms with Gasteiger partial charge in [-0.1, -0.05) is 25.5 Å². The predicted molar refractivity (Wildman–Crippen MR) is 53.2 cm³/mol. The van der Waals surface area contributed by atoms with Crippen LogP contribution < -0.4 is 0 Å². The van der Waals surface area contributed by atoms with Crippen molar-refractivity contribution in [2.45, 2.75) is 38.5 Å². The number of hydrogen-bond acceptors (Lipinski definition) is 2. The fourth-order valence-electron chi connectivity index (χ4n) is 1.38. The summed E-state index contributed by atoms with van der Waals surface area (Å²) in [4.78, 5) is 9.57. The summed E-state index contributed by atoms with van der Waals surface area (Å²) in [6.45, 7) is 3.51. The van der Waals surface area contributed by atoms with Crippen LogP contribution in [-0.2, 0) is 4.57 Å². The molecule has 1 rings (SSSR count). The Balaban J connectivity index is 2.59. The third-order valence-corrected chi connectivity index (χ3v) is 4.90. The van der Waals surface area contributed by atoms with Gasteiger partial charge in [0.15, 0.2) is 0 Å². The van der Waals surface area contributed by atoms with Gasteiger partial charge < -0.3 is 10.00 Å². The zero-order chi connectivity index (χ0) is 10.1. The van der Waals surface area contributed by atoms with Crippen LogP contribution in [0.2, 0.25) is 0 Å². The van der Waals surface area contributed by atoms with Crippen molar-refractivity contribution < 1.29 is 14.6 Å². The minimum absolute atomic E-state index is 0.189. The Morgan fingerprint density at radius 1 is 1.69 bits per heavy atom. The van der Waals surface area contributed by atoms with Gasteiger partial charge in [0.1, 0.15) is 0 Å². The molecule has 2 N–H and O–H groups in total. The summed E-state index contributed by atoms with van der Waals surface area (Å²) in [6, 6.07) is 0. The molecular weight excluding hydrogens is 187 g/mol. The van der Waals surface area contributed by atoms with Crippen LogP contribution in [0.5, 0.6) is 0 Å². The molecule has 0 amide bonds. The van der Waals surface area contributed by atoms with Gasteiger partial charge in [-0.05, 0) is 12.8 Å². The average molecular weight is 204 g/mol. The van der Waals surface area contributed by atoms with Crippen LogP contribution >= 0.6 is 7.37 Å². The number of hydrogen-bond donors (Lipinski definition) is 2. The van der Waals surface area contributed by atoms with E-state index in [0.29, 0.717) is 6.42 Å². The van der Waals surface area contributed by atoms with Crippen molar-refractivity contribution in [1.29, 1.82) is 0 Å². The van der Waals surface area contributed by atoms with E-state index in [-0.39, 0.29) is 11.8 Å². The standard InChI is InChI=1S/C9H17O3P/c1-7(2)13(11,12)6-8-3-4-9(10)5-8/h5,7,9-10H,3-4,6H2,1-2H3,(H,11,12). The second-order valence-electron chi connectivity index (χ2n) is 3.94. The van der Waals surface area contributed by atoms with Gasteiger partial charge in [0.25, 0.3) is 0 Å². The third-order valence-electron chi connectivity index (χ3n) is 2.43. The first-order chi connectivity index (χ1) is 5.92. The molecule has 2 atom stereocenters. The first kappa shape index (κ1) is 11.0. The second-order valence-corrected chi connectivity index (χ2v) is 6.80. The van der Waals surface area contributed by atoms with Crippen LogP contribution in [0.1, 0.15) is 26.7 Å². The van der Waals surface area contributed by atoms with Crippen molar-refractivity contribution in [3.63, 3.8) is 0 Å². The zero-order valence-corrected chi connectivity index (χ0v) is 9.00. The van der Waals surface area contributed by atoms with Gasteiger partial charge in [0.2, 0.25) is 7.37 Å². The molecule has 1 aliphatic carbocycles. The summed E-state index contributed by atoms with van der Waals surface area (Å²) in [5, 5.41) is 9.19. The van der Waals surface area contributed by atoms with E-state index in [1.165, 1.54) is 0 Å². The van der Waals surface area contributed by atoms with Crippen LogP contribution in [0.4, 0.5) is 0 Å². The highest BCUT2D eigenvalue weighted by Crippen LogP contribution is 2.48. The molecule has 0 spiro atoms. The fraction of sp³-hybridized carbons (Fsp3) is 0.778. The van der Waals surface area contributed by atoms with E-state index in [2.05, 4.69) is 0 Å². The molecule has 3 nitrogen and oxygen atoms in total. The minimum Gasteiger partial charge on any atom is -0.389 e. The number of aliphatic hydroxyl groups excluding tert-OH is 1. The SMILES string of the molecule is CC(C)P(=O)(O)CC1=CC(O)CC1. The summed E-state index contributed by atoms with van der Waals surface area (Å²) < 4.78 is 11.6. The molecule has 0 bridgehead atoms. The van der Waals surface area contributed by atoms with Crippen molar-refractivity contribution in [3.05, 3.63) is 11.6 Å². The van der Waals surface area contributed by atoms with E-state index in [0.717, 1.165) is 12.0 Å². The third kappa shape index (κ3) is 2.94. The first-order valence-electron chi connectivity index (χ1n) is 4.61. The lowest BCUT2D eigenvalue weighted by Crippen LogP contribution is -2.02. The van der Waals surface area contributed by atoms with Gasteiger partial charge in [-0.3, -0.25) is 4.57 Å². The molecule has 0 fully saturated rings. The molecular formula is C9H17O3P. The summed E-state index contributed by atoms with van der Waals surface area (Å²) in [5.74, 6) is 0. The summed E-state index contributed by atoms with van der Waals surface area (Å²) in [7, 11) is -3.02. The van der Waals surface area contributed by atoms with Crippen molar-refractivity contribution in [1.82, 2.24) is 0 Å². The molecule has 4 heteroatoms. The maximum atomic E-state index is 11.6. The van der Waals surface area contributed by atoms with Crippen molar-refractivity contribution >= 4 is 7.37 Å². The number of aliphatic hydroxyl groups is 1. The maximum absolute atomic E-state index is 11.6. The molecule has 2 unspecified atom stereocenters. The second kappa shape index (κ2) is 3.95. The molecule has 0 heterocycles. The monoisotopic (exact) mass is 204 g/mol. The van der Waals surface area contributed by atoms with Gasteiger partial charge in [0.05, 0.1) is 6.10 Å². The lowest BCUT2D eigenvalue weighted by molar-refractivity contribution is 0.223. The normalized spacial score (nSPS) is 27.5. The Morgan fingerprint density at radius 3 is 2.69 bits per heavy atom. The van der Waals surface area contributed by atoms with Crippen LogP contribution in [0.15, 0.2) is 11.6 Å². The van der Waals surface area contributed by atoms with E-state index in [1.54, 1.807) is 19.9 Å². The van der Waals surface area contributed by atoms with Crippen molar-refractivity contribution in [2.24, 2.45) is 0 Å². The minimum atomic E-state index is -3.02. The number of allylic oxidation sites excluding steroid dienone is 1. The van der Waals surface area contributed by atoms with Crippen LogP contribution in [0, 0.1) is 0 Å². The number of rotatable bonds is 3. The van der Waals surface area contributed by atoms with Crippen LogP contribution in [0.3, 0.4) is 0 Å². The topological polar surface area (TPSA) is 57.5 Å². The Bertz CT molecular complexity index is 258. The van der Waals surface area contributed by atoms with Gasteiger partial charge in [-0.15, -0.1) is 0 Å². The Labute approximate surface area is 78.9 Å². The first-order valence-corrected chi connectivity index (χ1v) is 6.52. The lowest BCUT2D eigenvalue weighted by atomic mass is 10.3. The molecule has 0 aromatic rings. The molecule has 0 aromatic heterocycles. The molecule has 0 saturated heterocycles. The van der Waals surface area contributed by atoms with Crippen LogP contribution in [-0.4, -0.2) is 27.9 Å². The van der Waals surface area contributed by atoms with E-state index < -0.39 is 13.5 Å². The quantitative estimate of drug-likeness (QED) is 0.544. The Hall–Kier alpha value is -0.110. The zero-order valence-electron chi connectivity index (χ0n) is 8.10. The largest absolute Gasteiger partial charge is 0.389 e. The molecule has 0 aliphatic heterocycles. The molecule has 1 aliphatic rings. The molecule has 0 radical (unpaired) electrons. The highest BCUT2D eigenvalue weighted by Gasteiger charge is 2.26. The fourth-order valence-corrected chi connectivity index (χ4v) is 2.59. The highest BCUT2D eigenvalue weighted by molar-refractivity contribution is 7.58. The lowest BCUT2D eigenvalue weighted by Gasteiger charge is -2.15. The highest BCUT2D eigenvalue weighted by atomic mass is 31.2. The molecule has 0 aromatic carbocycles. The molecule has 0 saturated carbocycles. The maximum Gasteiger partial charge on any atom is 0.206 e. The van der Waals surface area contributed by atoms with Crippen molar-refractivity contribution in [2.75, 3.05) is 6.16 Å². The molecule has 13 heavy (non-hydrogen) atoms. The predicted octanol–water partition coefficient (Wildman–Crippen LogP) is 1.75. The van der Waals surface area contributed by atoms with Crippen molar-refractivity contribution in [3.8, 4) is 0 Å². The Kier molecular flexibility index (Phi) is 3.33. The average Bonchev–Trinajstić information content (AvgIpc) is 2.34. The van der Waals surface area contributed by atoms with E-state index >= 15 is 0 Å². The summed E-state index contributed by atoms with van der Waals surface area (Å²) >= 11 is 0. The Morgan fingerprint density at radius 2 is 2.31 bits per heavy atom. The van der Waals surface area contributed by atoms with Gasteiger partial charge in [0, 0.05) is 11.8 Å². The molecule has 76 valence electrons. The van der Waals surface area contributed by atoms with E-state index in [1.807, 2.05) is 0 Å². The summed E-state index contributed by atoms with van der Waals surface area (Å²) in [6.07, 6.45) is 3.03. The van der Waals surface area contributed by atoms with E-state index in [4.69, 9.17) is 0 Å². The smallest absolute Gasteiger partial charge is 0.206 e. The van der Waals surface area contributed by atoms with Crippen LogP contribution in [0.25, 0.3) is 0 Å². The van der Waals surface area contributed by atoms with Gasteiger partial charge in [-0.2, -0.15) is 0 Å². The van der Waals surface area contributed by atoms with Gasteiger partial charge in [-0.25, -0.2) is 0 Å². The van der Waals surface area contributed by atoms with Gasteiger partial charge >= 0.3 is 0 Å². The summed E-state index contributed by atoms with van der Waals surface area (Å²) in [5.41, 5.74) is 0.748. The van der Waals surface area contributed by atoms with E-state index in [9.17, 15) is 14.6 Å².